The molecule has 1 aromatic carbocycles. The van der Waals surface area contributed by atoms with Crippen LogP contribution in [0.1, 0.15) is 36.6 Å². The molecule has 0 saturated carbocycles. The highest BCUT2D eigenvalue weighted by Crippen LogP contribution is 2.39. The Kier molecular flexibility index (Phi) is 4.08. The molecule has 3 heterocycles. The average molecular weight is 388 g/mol. The number of benzene rings is 1. The largest absolute Gasteiger partial charge is 0.379 e. The molecule has 0 amide bonds. The second-order valence-corrected chi connectivity index (χ2v) is 7.38. The SMILES string of the molecule is Cc1nnc2n1-c1cc(F)c(-c3cncc([C@](C)(O)C(C)(F)F)c3)cc1CC2. The van der Waals surface area contributed by atoms with Crippen LogP contribution in [0.25, 0.3) is 16.8 Å². The summed E-state index contributed by atoms with van der Waals surface area (Å²) in [6.45, 7) is 3.46. The number of rotatable bonds is 3. The third-order valence-electron chi connectivity index (χ3n) is 5.39. The van der Waals surface area contributed by atoms with Gasteiger partial charge in [0.2, 0.25) is 0 Å². The number of pyridine rings is 1. The van der Waals surface area contributed by atoms with Crippen LogP contribution in [0, 0.1) is 12.7 Å². The van der Waals surface area contributed by atoms with Crippen LogP contribution < -0.4 is 0 Å². The van der Waals surface area contributed by atoms with E-state index in [0.717, 1.165) is 18.3 Å². The third-order valence-corrected chi connectivity index (χ3v) is 5.39. The summed E-state index contributed by atoms with van der Waals surface area (Å²) in [6, 6.07) is 4.46. The van der Waals surface area contributed by atoms with Gasteiger partial charge in [0, 0.05) is 42.4 Å². The Morgan fingerprint density at radius 3 is 2.54 bits per heavy atom. The zero-order chi connectivity index (χ0) is 20.3. The van der Waals surface area contributed by atoms with E-state index >= 15 is 0 Å². The van der Waals surface area contributed by atoms with E-state index in [0.29, 0.717) is 36.8 Å². The van der Waals surface area contributed by atoms with E-state index in [2.05, 4.69) is 15.2 Å². The number of halogens is 3. The summed E-state index contributed by atoms with van der Waals surface area (Å²) in [7, 11) is 0. The summed E-state index contributed by atoms with van der Waals surface area (Å²) >= 11 is 0. The monoisotopic (exact) mass is 388 g/mol. The predicted octanol–water partition coefficient (Wildman–Crippen LogP) is 3.74. The Morgan fingerprint density at radius 2 is 1.82 bits per heavy atom. The van der Waals surface area contributed by atoms with Crippen LogP contribution in [0.15, 0.2) is 30.6 Å². The molecular weight excluding hydrogens is 369 g/mol. The number of nitrogens with zero attached hydrogens (tertiary/aromatic N) is 4. The van der Waals surface area contributed by atoms with Gasteiger partial charge in [-0.1, -0.05) is 0 Å². The number of alkyl halides is 2. The van der Waals surface area contributed by atoms with Crippen molar-refractivity contribution in [3.8, 4) is 16.8 Å². The zero-order valence-corrected chi connectivity index (χ0v) is 15.7. The van der Waals surface area contributed by atoms with E-state index in [1.165, 1.54) is 24.5 Å². The maximum absolute atomic E-state index is 15.0. The molecule has 146 valence electrons. The second kappa shape index (κ2) is 6.13. The minimum absolute atomic E-state index is 0.0773. The normalized spacial score (nSPS) is 15.7. The van der Waals surface area contributed by atoms with Crippen molar-refractivity contribution in [3.63, 3.8) is 0 Å². The van der Waals surface area contributed by atoms with Gasteiger partial charge in [0.1, 0.15) is 17.5 Å². The lowest BCUT2D eigenvalue weighted by Gasteiger charge is -2.30. The van der Waals surface area contributed by atoms with E-state index in [1.54, 1.807) is 13.0 Å². The molecule has 0 fully saturated rings. The predicted molar refractivity (Wildman–Crippen MR) is 96.9 cm³/mol. The van der Waals surface area contributed by atoms with E-state index < -0.39 is 17.3 Å². The maximum atomic E-state index is 15.0. The molecule has 1 aliphatic rings. The average Bonchev–Trinajstić information content (AvgIpc) is 3.02. The molecule has 1 atom stereocenters. The highest BCUT2D eigenvalue weighted by atomic mass is 19.3. The Balaban J connectivity index is 1.82. The van der Waals surface area contributed by atoms with Crippen molar-refractivity contribution >= 4 is 0 Å². The van der Waals surface area contributed by atoms with Crippen molar-refractivity contribution in [2.75, 3.05) is 0 Å². The molecule has 0 radical (unpaired) electrons. The van der Waals surface area contributed by atoms with Crippen LogP contribution in [0.2, 0.25) is 0 Å². The molecule has 3 aromatic rings. The minimum atomic E-state index is -3.38. The molecule has 5 nitrogen and oxygen atoms in total. The Bertz CT molecular complexity index is 1070. The van der Waals surface area contributed by atoms with E-state index in [9.17, 15) is 18.3 Å². The number of aromatic nitrogens is 4. The van der Waals surface area contributed by atoms with Crippen molar-refractivity contribution < 1.29 is 18.3 Å². The van der Waals surface area contributed by atoms with Crippen molar-refractivity contribution in [3.05, 3.63) is 59.2 Å². The summed E-state index contributed by atoms with van der Waals surface area (Å²) in [5.74, 6) is -2.44. The number of hydrogen-bond acceptors (Lipinski definition) is 4. The Labute approximate surface area is 159 Å². The molecule has 0 aliphatic carbocycles. The van der Waals surface area contributed by atoms with Gasteiger partial charge in [0.25, 0.3) is 5.92 Å². The topological polar surface area (TPSA) is 63.8 Å². The highest BCUT2D eigenvalue weighted by molar-refractivity contribution is 5.68. The maximum Gasteiger partial charge on any atom is 0.277 e. The molecule has 1 N–H and O–H groups in total. The summed E-state index contributed by atoms with van der Waals surface area (Å²) in [5, 5.41) is 18.4. The summed E-state index contributed by atoms with van der Waals surface area (Å²) in [6.07, 6.45) is 3.91. The lowest BCUT2D eigenvalue weighted by atomic mass is 9.89. The highest BCUT2D eigenvalue weighted by Gasteiger charge is 2.46. The molecule has 4 rings (SSSR count). The van der Waals surface area contributed by atoms with Gasteiger partial charge >= 0.3 is 0 Å². The minimum Gasteiger partial charge on any atom is -0.379 e. The van der Waals surface area contributed by atoms with Gasteiger partial charge in [0.05, 0.1) is 5.69 Å². The van der Waals surface area contributed by atoms with Gasteiger partial charge in [-0.3, -0.25) is 9.55 Å². The van der Waals surface area contributed by atoms with Crippen molar-refractivity contribution in [1.29, 1.82) is 0 Å². The van der Waals surface area contributed by atoms with Crippen LogP contribution in [0.4, 0.5) is 13.2 Å². The number of hydrogen-bond donors (Lipinski definition) is 1. The van der Waals surface area contributed by atoms with Gasteiger partial charge < -0.3 is 5.11 Å². The standard InChI is InChI=1S/C20H19F3N4O/c1-11-25-26-18-5-4-12-7-15(16(21)8-17(12)27(11)18)13-6-14(10-24-9-13)19(2,28)20(3,22)23/h6-10,28H,4-5H2,1-3H3/t19-/m0/s1. The van der Waals surface area contributed by atoms with Crippen molar-refractivity contribution in [2.45, 2.75) is 45.1 Å². The first kappa shape index (κ1) is 18.6. The Morgan fingerprint density at radius 1 is 1.07 bits per heavy atom. The van der Waals surface area contributed by atoms with Gasteiger partial charge in [-0.05, 0) is 44.0 Å². The molecular formula is C20H19F3N4O. The zero-order valence-electron chi connectivity index (χ0n) is 15.7. The number of aliphatic hydroxyl groups is 1. The van der Waals surface area contributed by atoms with Crippen LogP contribution in [0.3, 0.4) is 0 Å². The summed E-state index contributed by atoms with van der Waals surface area (Å²) in [5.41, 5.74) is -0.335. The first-order chi connectivity index (χ1) is 13.1. The van der Waals surface area contributed by atoms with Gasteiger partial charge in [0.15, 0.2) is 5.60 Å². The Hall–Kier alpha value is -2.74. The fourth-order valence-electron chi connectivity index (χ4n) is 3.47. The first-order valence-corrected chi connectivity index (χ1v) is 8.89. The second-order valence-electron chi connectivity index (χ2n) is 7.38. The van der Waals surface area contributed by atoms with E-state index in [4.69, 9.17) is 0 Å². The van der Waals surface area contributed by atoms with Crippen molar-refractivity contribution in [2.24, 2.45) is 0 Å². The van der Waals surface area contributed by atoms with Gasteiger partial charge in [-0.2, -0.15) is 0 Å². The molecule has 8 heteroatoms. The van der Waals surface area contributed by atoms with Crippen LogP contribution >= 0.6 is 0 Å². The molecule has 2 aromatic heterocycles. The molecule has 0 unspecified atom stereocenters. The third kappa shape index (κ3) is 2.79. The smallest absolute Gasteiger partial charge is 0.277 e. The molecule has 0 saturated heterocycles. The lowest BCUT2D eigenvalue weighted by molar-refractivity contribution is -0.165. The van der Waals surface area contributed by atoms with Crippen LogP contribution in [-0.4, -0.2) is 30.8 Å². The molecule has 0 bridgehead atoms. The summed E-state index contributed by atoms with van der Waals surface area (Å²) < 4.78 is 44.4. The fraction of sp³-hybridized carbons (Fsp3) is 0.350. The van der Waals surface area contributed by atoms with Crippen molar-refractivity contribution in [1.82, 2.24) is 19.7 Å². The fourth-order valence-corrected chi connectivity index (χ4v) is 3.47. The van der Waals surface area contributed by atoms with Gasteiger partial charge in [-0.15, -0.1) is 10.2 Å². The first-order valence-electron chi connectivity index (χ1n) is 8.89. The molecule has 0 spiro atoms. The van der Waals surface area contributed by atoms with Crippen LogP contribution in [0.5, 0.6) is 0 Å². The lowest BCUT2D eigenvalue weighted by Crippen LogP contribution is -2.40. The number of fused-ring (bicyclic) bond motifs is 3. The summed E-state index contributed by atoms with van der Waals surface area (Å²) in [4.78, 5) is 3.95. The quantitative estimate of drug-likeness (QED) is 0.743. The van der Waals surface area contributed by atoms with E-state index in [1.807, 2.05) is 4.57 Å². The van der Waals surface area contributed by atoms with E-state index in [-0.39, 0.29) is 11.1 Å². The number of aryl methyl sites for hydroxylation is 3. The van der Waals surface area contributed by atoms with Crippen LogP contribution in [-0.2, 0) is 18.4 Å². The molecule has 28 heavy (non-hydrogen) atoms. The van der Waals surface area contributed by atoms with Gasteiger partial charge in [-0.25, -0.2) is 13.2 Å². The molecule has 1 aliphatic heterocycles.